The molecule has 4 nitrogen and oxygen atoms in total. The van der Waals surface area contributed by atoms with Crippen LogP contribution < -0.4 is 15.8 Å². The van der Waals surface area contributed by atoms with Crippen LogP contribution in [0, 0.1) is 5.41 Å². The van der Waals surface area contributed by atoms with Gasteiger partial charge < -0.3 is 15.8 Å². The van der Waals surface area contributed by atoms with Crippen molar-refractivity contribution in [3.63, 3.8) is 0 Å². The van der Waals surface area contributed by atoms with Crippen LogP contribution in [0.1, 0.15) is 38.5 Å². The van der Waals surface area contributed by atoms with Gasteiger partial charge >= 0.3 is 0 Å². The van der Waals surface area contributed by atoms with E-state index in [1.165, 1.54) is 6.42 Å². The summed E-state index contributed by atoms with van der Waals surface area (Å²) in [6.45, 7) is 0.0450. The van der Waals surface area contributed by atoms with E-state index in [0.29, 0.717) is 24.4 Å². The first-order valence-electron chi connectivity index (χ1n) is 7.96. The number of rotatable bonds is 7. The summed E-state index contributed by atoms with van der Waals surface area (Å²) in [4.78, 5) is 12.3. The van der Waals surface area contributed by atoms with Crippen molar-refractivity contribution in [3.05, 3.63) is 24.3 Å². The molecular weight excluding hydrogens is 319 g/mol. The molecule has 0 unspecified atom stereocenters. The van der Waals surface area contributed by atoms with E-state index in [4.69, 9.17) is 10.5 Å². The Balaban J connectivity index is 0.00000264. The predicted octanol–water partition coefficient (Wildman–Crippen LogP) is 3.69. The Morgan fingerprint density at radius 2 is 2.04 bits per heavy atom. The lowest BCUT2D eigenvalue weighted by Gasteiger charge is -2.35. The van der Waals surface area contributed by atoms with E-state index < -0.39 is 6.67 Å². The number of anilines is 1. The maximum atomic E-state index is 12.3. The van der Waals surface area contributed by atoms with Crippen molar-refractivity contribution in [3.8, 4) is 5.75 Å². The molecule has 0 aliphatic heterocycles. The van der Waals surface area contributed by atoms with Crippen LogP contribution in [0.5, 0.6) is 5.75 Å². The fraction of sp³-hybridized carbons (Fsp3) is 0.588. The Hall–Kier alpha value is -1.33. The predicted molar refractivity (Wildman–Crippen MR) is 93.0 cm³/mol. The highest BCUT2D eigenvalue weighted by Gasteiger charge is 2.32. The van der Waals surface area contributed by atoms with Gasteiger partial charge in [0.05, 0.1) is 0 Å². The summed E-state index contributed by atoms with van der Waals surface area (Å²) in [5, 5.41) is 2.90. The molecule has 1 aliphatic rings. The molecular formula is C17H26ClFN2O2. The molecule has 23 heavy (non-hydrogen) atoms. The van der Waals surface area contributed by atoms with Gasteiger partial charge in [0.25, 0.3) is 0 Å². The van der Waals surface area contributed by atoms with E-state index in [1.807, 2.05) is 0 Å². The molecule has 1 fully saturated rings. The van der Waals surface area contributed by atoms with Crippen molar-refractivity contribution < 1.29 is 13.9 Å². The van der Waals surface area contributed by atoms with Crippen molar-refractivity contribution in [2.75, 3.05) is 25.1 Å². The Labute approximate surface area is 143 Å². The molecule has 0 bridgehead atoms. The number of nitrogens with two attached hydrogens (primary N) is 1. The molecule has 1 amide bonds. The Bertz CT molecular complexity index is 493. The molecule has 1 aliphatic carbocycles. The van der Waals surface area contributed by atoms with E-state index in [0.717, 1.165) is 25.7 Å². The van der Waals surface area contributed by atoms with Gasteiger partial charge in [0.1, 0.15) is 19.0 Å². The molecule has 0 spiro atoms. The van der Waals surface area contributed by atoms with Gasteiger partial charge in [0.2, 0.25) is 5.91 Å². The highest BCUT2D eigenvalue weighted by atomic mass is 35.5. The second-order valence-electron chi connectivity index (χ2n) is 6.06. The summed E-state index contributed by atoms with van der Waals surface area (Å²) in [6, 6.07) is 7.04. The van der Waals surface area contributed by atoms with Gasteiger partial charge in [-0.05, 0) is 36.9 Å². The molecule has 0 aromatic heterocycles. The lowest BCUT2D eigenvalue weighted by molar-refractivity contribution is -0.118. The molecule has 3 N–H and O–H groups in total. The van der Waals surface area contributed by atoms with Crippen LogP contribution in [-0.2, 0) is 4.79 Å². The largest absolute Gasteiger partial charge is 0.491 e. The molecule has 0 saturated heterocycles. The van der Waals surface area contributed by atoms with Crippen molar-refractivity contribution in [2.24, 2.45) is 11.1 Å². The highest BCUT2D eigenvalue weighted by molar-refractivity contribution is 5.91. The highest BCUT2D eigenvalue weighted by Crippen LogP contribution is 2.38. The molecule has 1 saturated carbocycles. The average Bonchev–Trinajstić information content (AvgIpc) is 2.54. The van der Waals surface area contributed by atoms with Crippen molar-refractivity contribution in [1.29, 1.82) is 0 Å². The first kappa shape index (κ1) is 19.7. The molecule has 6 heteroatoms. The molecule has 1 aromatic carbocycles. The lowest BCUT2D eigenvalue weighted by atomic mass is 9.71. The number of ether oxygens (including phenoxy) is 1. The lowest BCUT2D eigenvalue weighted by Crippen LogP contribution is -2.36. The SMILES string of the molecule is Cl.NCC1(CC(=O)Nc2cccc(OCCF)c2)CCCCC1. The van der Waals surface area contributed by atoms with E-state index in [9.17, 15) is 9.18 Å². The summed E-state index contributed by atoms with van der Waals surface area (Å²) in [5.41, 5.74) is 6.54. The summed E-state index contributed by atoms with van der Waals surface area (Å²) in [7, 11) is 0. The fourth-order valence-electron chi connectivity index (χ4n) is 3.12. The number of carbonyl (C=O) groups excluding carboxylic acids is 1. The van der Waals surface area contributed by atoms with Crippen LogP contribution in [0.25, 0.3) is 0 Å². The number of nitrogens with one attached hydrogen (secondary N) is 1. The van der Waals surface area contributed by atoms with Gasteiger partial charge in [-0.3, -0.25) is 4.79 Å². The molecule has 2 rings (SSSR count). The zero-order valence-electron chi connectivity index (χ0n) is 13.4. The molecule has 1 aromatic rings. The molecule has 130 valence electrons. The number of halogens is 2. The minimum Gasteiger partial charge on any atom is -0.491 e. The molecule has 0 atom stereocenters. The quantitative estimate of drug-likeness (QED) is 0.792. The minimum absolute atomic E-state index is 0. The maximum absolute atomic E-state index is 12.3. The second kappa shape index (κ2) is 9.73. The van der Waals surface area contributed by atoms with Crippen LogP contribution in [0.4, 0.5) is 10.1 Å². The summed E-state index contributed by atoms with van der Waals surface area (Å²) in [5.74, 6) is 0.539. The second-order valence-corrected chi connectivity index (χ2v) is 6.06. The third kappa shape index (κ3) is 5.99. The standard InChI is InChI=1S/C17H25FN2O2.ClH/c18-9-10-22-15-6-4-5-14(11-15)20-16(21)12-17(13-19)7-2-1-3-8-17;/h4-6,11H,1-3,7-10,12-13,19H2,(H,20,21);1H. The smallest absolute Gasteiger partial charge is 0.224 e. The van der Waals surface area contributed by atoms with Gasteiger partial charge in [0.15, 0.2) is 0 Å². The van der Waals surface area contributed by atoms with E-state index >= 15 is 0 Å². The van der Waals surface area contributed by atoms with Gasteiger partial charge in [-0.25, -0.2) is 4.39 Å². The topological polar surface area (TPSA) is 64.4 Å². The zero-order chi connectivity index (χ0) is 15.8. The number of benzene rings is 1. The molecule has 0 heterocycles. The summed E-state index contributed by atoms with van der Waals surface area (Å²) in [6.07, 6.45) is 6.04. The molecule has 0 radical (unpaired) electrons. The zero-order valence-corrected chi connectivity index (χ0v) is 14.2. The number of hydrogen-bond donors (Lipinski definition) is 2. The van der Waals surface area contributed by atoms with Gasteiger partial charge in [0, 0.05) is 18.2 Å². The fourth-order valence-corrected chi connectivity index (χ4v) is 3.12. The van der Waals surface area contributed by atoms with E-state index in [1.54, 1.807) is 24.3 Å². The third-order valence-electron chi connectivity index (χ3n) is 4.35. The van der Waals surface area contributed by atoms with Crippen LogP contribution in [0.2, 0.25) is 0 Å². The normalized spacial score (nSPS) is 16.3. The van der Waals surface area contributed by atoms with Crippen LogP contribution in [-0.4, -0.2) is 25.7 Å². The Morgan fingerprint density at radius 1 is 1.30 bits per heavy atom. The summed E-state index contributed by atoms with van der Waals surface area (Å²) >= 11 is 0. The van der Waals surface area contributed by atoms with Crippen molar-refractivity contribution in [2.45, 2.75) is 38.5 Å². The van der Waals surface area contributed by atoms with Crippen LogP contribution >= 0.6 is 12.4 Å². The number of alkyl halides is 1. The van der Waals surface area contributed by atoms with Gasteiger partial charge in [-0.15, -0.1) is 12.4 Å². The number of amides is 1. The Kier molecular flexibility index (Phi) is 8.34. The van der Waals surface area contributed by atoms with Crippen molar-refractivity contribution in [1.82, 2.24) is 0 Å². The first-order valence-corrected chi connectivity index (χ1v) is 7.96. The van der Waals surface area contributed by atoms with Gasteiger partial charge in [-0.1, -0.05) is 25.3 Å². The van der Waals surface area contributed by atoms with E-state index in [2.05, 4.69) is 5.32 Å². The van der Waals surface area contributed by atoms with Crippen molar-refractivity contribution >= 4 is 24.0 Å². The third-order valence-corrected chi connectivity index (χ3v) is 4.35. The van der Waals surface area contributed by atoms with Crippen LogP contribution in [0.15, 0.2) is 24.3 Å². The monoisotopic (exact) mass is 344 g/mol. The van der Waals surface area contributed by atoms with E-state index in [-0.39, 0.29) is 30.3 Å². The average molecular weight is 345 g/mol. The van der Waals surface area contributed by atoms with Crippen LogP contribution in [0.3, 0.4) is 0 Å². The Morgan fingerprint density at radius 3 is 2.70 bits per heavy atom. The number of carbonyl (C=O) groups is 1. The first-order chi connectivity index (χ1) is 10.7. The maximum Gasteiger partial charge on any atom is 0.224 e. The minimum atomic E-state index is -0.532. The summed E-state index contributed by atoms with van der Waals surface area (Å²) < 4.78 is 17.3. The number of hydrogen-bond acceptors (Lipinski definition) is 3. The van der Waals surface area contributed by atoms with Gasteiger partial charge in [-0.2, -0.15) is 0 Å².